The summed E-state index contributed by atoms with van der Waals surface area (Å²) < 4.78 is 40.0. The van der Waals surface area contributed by atoms with Gasteiger partial charge in [0, 0.05) is 11.6 Å². The van der Waals surface area contributed by atoms with E-state index >= 15 is 0 Å². The molecule has 0 fully saturated rings. The summed E-state index contributed by atoms with van der Waals surface area (Å²) in [4.78, 5) is 8.96. The Morgan fingerprint density at radius 2 is 1.52 bits per heavy atom. The lowest BCUT2D eigenvalue weighted by Crippen LogP contribution is -2.23. The summed E-state index contributed by atoms with van der Waals surface area (Å²) in [6.45, 7) is 3.91. The van der Waals surface area contributed by atoms with Gasteiger partial charge in [0.2, 0.25) is 0 Å². The molecule has 3 aromatic rings. The minimum Gasteiger partial charge on any atom is -0.245 e. The predicted molar refractivity (Wildman–Crippen MR) is 90.4 cm³/mol. The summed E-state index contributed by atoms with van der Waals surface area (Å²) in [5.41, 5.74) is -0.00460. The first-order chi connectivity index (χ1) is 11.7. The molecule has 0 aliphatic heterocycles. The molecule has 0 aromatic carbocycles. The monoisotopic (exact) mass is 410 g/mol. The Kier molecular flexibility index (Phi) is 4.40. The van der Waals surface area contributed by atoms with E-state index in [4.69, 9.17) is 0 Å². The molecular weight excluding hydrogens is 397 g/mol. The number of halogens is 4. The van der Waals surface area contributed by atoms with Crippen LogP contribution in [0.4, 0.5) is 13.2 Å². The van der Waals surface area contributed by atoms with E-state index in [9.17, 15) is 13.2 Å². The van der Waals surface area contributed by atoms with Crippen molar-refractivity contribution in [2.45, 2.75) is 25.4 Å². The smallest absolute Gasteiger partial charge is 0.245 e. The molecule has 3 heterocycles. The van der Waals surface area contributed by atoms with Crippen LogP contribution < -0.4 is 0 Å². The third-order valence-corrected chi connectivity index (χ3v) is 4.29. The second-order valence-electron chi connectivity index (χ2n) is 5.99. The molecule has 8 heteroatoms. The summed E-state index contributed by atoms with van der Waals surface area (Å²) in [5.74, 6) is 0.316. The van der Waals surface area contributed by atoms with Crippen molar-refractivity contribution >= 4 is 15.9 Å². The average Bonchev–Trinajstić information content (AvgIpc) is 3.05. The molecule has 0 radical (unpaired) electrons. The highest BCUT2D eigenvalue weighted by Gasteiger charge is 2.34. The molecule has 3 aromatic heterocycles. The lowest BCUT2D eigenvalue weighted by molar-refractivity contribution is -0.141. The van der Waals surface area contributed by atoms with E-state index in [2.05, 4.69) is 31.0 Å². The molecule has 130 valence electrons. The van der Waals surface area contributed by atoms with Gasteiger partial charge in [0.1, 0.15) is 4.60 Å². The van der Waals surface area contributed by atoms with Crippen LogP contribution in [0, 0.1) is 0 Å². The van der Waals surface area contributed by atoms with E-state index in [1.54, 1.807) is 12.1 Å². The van der Waals surface area contributed by atoms with Crippen LogP contribution in [0.15, 0.2) is 53.3 Å². The Hall–Kier alpha value is -2.22. The third kappa shape index (κ3) is 3.58. The SMILES string of the molecule is CC(C)(c1cccc(Br)n1)c1cccc(-n2ccc(C(F)(F)F)n2)n1. The quantitative estimate of drug-likeness (QED) is 0.584. The molecule has 0 aliphatic carbocycles. The Labute approximate surface area is 150 Å². The maximum Gasteiger partial charge on any atom is 0.435 e. The Morgan fingerprint density at radius 3 is 2.12 bits per heavy atom. The van der Waals surface area contributed by atoms with Gasteiger partial charge in [-0.15, -0.1) is 0 Å². The molecule has 0 amide bonds. The molecule has 25 heavy (non-hydrogen) atoms. The van der Waals surface area contributed by atoms with E-state index in [0.717, 1.165) is 16.4 Å². The summed E-state index contributed by atoms with van der Waals surface area (Å²) in [6.07, 6.45) is -3.23. The predicted octanol–water partition coefficient (Wildman–Crippen LogP) is 4.77. The number of hydrogen-bond donors (Lipinski definition) is 0. The third-order valence-electron chi connectivity index (χ3n) is 3.84. The fourth-order valence-corrected chi connectivity index (χ4v) is 2.73. The van der Waals surface area contributed by atoms with E-state index in [1.807, 2.05) is 38.1 Å². The van der Waals surface area contributed by atoms with Crippen LogP contribution >= 0.6 is 15.9 Å². The van der Waals surface area contributed by atoms with Crippen molar-refractivity contribution in [1.82, 2.24) is 19.7 Å². The van der Waals surface area contributed by atoms with Crippen LogP contribution in [0.25, 0.3) is 5.82 Å². The van der Waals surface area contributed by atoms with E-state index < -0.39 is 17.3 Å². The van der Waals surface area contributed by atoms with Gasteiger partial charge >= 0.3 is 6.18 Å². The highest BCUT2D eigenvalue weighted by atomic mass is 79.9. The maximum absolute atomic E-state index is 12.7. The number of alkyl halides is 3. The fourth-order valence-electron chi connectivity index (χ4n) is 2.39. The summed E-state index contributed by atoms with van der Waals surface area (Å²) in [5, 5.41) is 3.57. The van der Waals surface area contributed by atoms with Crippen molar-refractivity contribution in [1.29, 1.82) is 0 Å². The first-order valence-corrected chi connectivity index (χ1v) is 8.21. The second kappa shape index (κ2) is 6.25. The Balaban J connectivity index is 2.00. The summed E-state index contributed by atoms with van der Waals surface area (Å²) in [7, 11) is 0. The van der Waals surface area contributed by atoms with Crippen LogP contribution in [0.5, 0.6) is 0 Å². The minimum atomic E-state index is -4.48. The average molecular weight is 411 g/mol. The molecule has 4 nitrogen and oxygen atoms in total. The van der Waals surface area contributed by atoms with Gasteiger partial charge in [0.25, 0.3) is 0 Å². The summed E-state index contributed by atoms with van der Waals surface area (Å²) in [6, 6.07) is 11.7. The molecule has 0 saturated heterocycles. The van der Waals surface area contributed by atoms with Gasteiger partial charge in [-0.2, -0.15) is 18.3 Å². The standard InChI is InChI=1S/C17H14BrF3N4/c1-16(2,11-5-3-7-14(18)22-11)12-6-4-8-15(23-12)25-10-9-13(24-25)17(19,20)21/h3-10H,1-2H3. The van der Waals surface area contributed by atoms with E-state index in [0.29, 0.717) is 16.1 Å². The highest BCUT2D eigenvalue weighted by molar-refractivity contribution is 9.10. The lowest BCUT2D eigenvalue weighted by Gasteiger charge is -2.24. The maximum atomic E-state index is 12.7. The summed E-state index contributed by atoms with van der Waals surface area (Å²) >= 11 is 3.35. The Bertz CT molecular complexity index is 903. The van der Waals surface area contributed by atoms with Crippen LogP contribution in [0.3, 0.4) is 0 Å². The van der Waals surface area contributed by atoms with Gasteiger partial charge in [-0.1, -0.05) is 12.1 Å². The molecule has 0 spiro atoms. The highest BCUT2D eigenvalue weighted by Crippen LogP contribution is 2.31. The molecule has 0 unspecified atom stereocenters. The molecule has 0 N–H and O–H groups in total. The number of hydrogen-bond acceptors (Lipinski definition) is 3. The molecule has 0 saturated carbocycles. The van der Waals surface area contributed by atoms with Crippen molar-refractivity contribution < 1.29 is 13.2 Å². The van der Waals surface area contributed by atoms with Gasteiger partial charge in [0.15, 0.2) is 11.5 Å². The van der Waals surface area contributed by atoms with Crippen molar-refractivity contribution in [3.05, 3.63) is 70.3 Å². The Morgan fingerprint density at radius 1 is 0.880 bits per heavy atom. The first kappa shape index (κ1) is 17.6. The minimum absolute atomic E-state index is 0.316. The number of nitrogens with zero attached hydrogens (tertiary/aromatic N) is 4. The van der Waals surface area contributed by atoms with Crippen LogP contribution in [-0.2, 0) is 11.6 Å². The van der Waals surface area contributed by atoms with Crippen molar-refractivity contribution in [2.75, 3.05) is 0 Å². The molecule has 0 atom stereocenters. The largest absolute Gasteiger partial charge is 0.435 e. The van der Waals surface area contributed by atoms with E-state index in [-0.39, 0.29) is 0 Å². The number of aromatic nitrogens is 4. The van der Waals surface area contributed by atoms with Gasteiger partial charge in [-0.3, -0.25) is 0 Å². The van der Waals surface area contributed by atoms with Gasteiger partial charge < -0.3 is 0 Å². The van der Waals surface area contributed by atoms with Crippen LogP contribution in [0.2, 0.25) is 0 Å². The zero-order chi connectivity index (χ0) is 18.2. The molecule has 3 rings (SSSR count). The van der Waals surface area contributed by atoms with Crippen molar-refractivity contribution in [3.63, 3.8) is 0 Å². The first-order valence-electron chi connectivity index (χ1n) is 7.42. The number of pyridine rings is 2. The zero-order valence-electron chi connectivity index (χ0n) is 13.4. The van der Waals surface area contributed by atoms with E-state index in [1.165, 1.54) is 6.20 Å². The topological polar surface area (TPSA) is 43.6 Å². The molecule has 0 bridgehead atoms. The van der Waals surface area contributed by atoms with Crippen LogP contribution in [-0.4, -0.2) is 19.7 Å². The number of rotatable bonds is 3. The molecular formula is C17H14BrF3N4. The van der Waals surface area contributed by atoms with Crippen molar-refractivity contribution in [3.8, 4) is 5.82 Å². The van der Waals surface area contributed by atoms with Gasteiger partial charge in [-0.05, 0) is 60.1 Å². The normalized spacial score (nSPS) is 12.4. The van der Waals surface area contributed by atoms with Gasteiger partial charge in [0.05, 0.1) is 11.4 Å². The van der Waals surface area contributed by atoms with Crippen molar-refractivity contribution in [2.24, 2.45) is 0 Å². The lowest BCUT2D eigenvalue weighted by atomic mass is 9.84. The fraction of sp³-hybridized carbons (Fsp3) is 0.235. The van der Waals surface area contributed by atoms with Crippen LogP contribution in [0.1, 0.15) is 30.9 Å². The molecule has 0 aliphatic rings. The second-order valence-corrected chi connectivity index (χ2v) is 6.81. The zero-order valence-corrected chi connectivity index (χ0v) is 15.0. The van der Waals surface area contributed by atoms with Gasteiger partial charge in [-0.25, -0.2) is 14.6 Å².